The van der Waals surface area contributed by atoms with Crippen LogP contribution in [-0.4, -0.2) is 122 Å². The van der Waals surface area contributed by atoms with Crippen molar-refractivity contribution >= 4 is 5.97 Å². The van der Waals surface area contributed by atoms with Crippen LogP contribution in [0.4, 0.5) is 0 Å². The van der Waals surface area contributed by atoms with Crippen LogP contribution in [0.1, 0.15) is 0 Å². The minimum Gasteiger partial charge on any atom is -0.480 e. The molecule has 14 nitrogen and oxygen atoms in total. The van der Waals surface area contributed by atoms with Gasteiger partial charge in [0.05, 0.1) is 6.61 Å². The van der Waals surface area contributed by atoms with Crippen LogP contribution in [0.25, 0.3) is 0 Å². The van der Waals surface area contributed by atoms with Gasteiger partial charge < -0.3 is 64.5 Å². The highest BCUT2D eigenvalue weighted by molar-refractivity contribution is 5.68. The van der Waals surface area contributed by atoms with Crippen molar-refractivity contribution in [2.75, 3.05) is 13.2 Å². The first-order valence-corrected chi connectivity index (χ1v) is 9.90. The molecule has 186 valence electrons. The van der Waals surface area contributed by atoms with Gasteiger partial charge >= 0.3 is 5.97 Å². The molecule has 33 heavy (non-hydrogen) atoms. The van der Waals surface area contributed by atoms with Crippen LogP contribution in [-0.2, 0) is 19.0 Å². The van der Waals surface area contributed by atoms with Crippen LogP contribution in [0, 0.1) is 0 Å². The molecule has 1 aromatic rings. The normalized spacial score (nSPS) is 39.1. The Labute approximate surface area is 186 Å². The maximum Gasteiger partial charge on any atom is 0.329 e. The van der Waals surface area contributed by atoms with Gasteiger partial charge in [0.15, 0.2) is 17.8 Å². The zero-order valence-corrected chi connectivity index (χ0v) is 17.0. The molecule has 0 saturated carbocycles. The molecule has 2 fully saturated rings. The molecule has 0 unspecified atom stereocenters. The second-order valence-corrected chi connectivity index (χ2v) is 7.43. The first-order valence-electron chi connectivity index (χ1n) is 9.90. The molecule has 3 rings (SSSR count). The van der Waals surface area contributed by atoms with Gasteiger partial charge in [-0.2, -0.15) is 0 Å². The summed E-state index contributed by atoms with van der Waals surface area (Å²) in [5.74, 6) is -1.53. The maximum absolute atomic E-state index is 10.8. The lowest BCUT2D eigenvalue weighted by Gasteiger charge is -2.41. The molecule has 0 spiro atoms. The molecular weight excluding hydrogens is 452 g/mol. The van der Waals surface area contributed by atoms with Gasteiger partial charge in [0, 0.05) is 0 Å². The van der Waals surface area contributed by atoms with Gasteiger partial charge in [0.2, 0.25) is 12.6 Å². The zero-order valence-electron chi connectivity index (χ0n) is 17.0. The van der Waals surface area contributed by atoms with E-state index in [4.69, 9.17) is 28.8 Å². The highest BCUT2D eigenvalue weighted by Gasteiger charge is 2.47. The molecule has 0 amide bonds. The number of aliphatic carboxylic acids is 1. The Balaban J connectivity index is 1.77. The minimum atomic E-state index is -1.84. The monoisotopic (exact) mass is 478 g/mol. The number of ether oxygens (including phenoxy) is 5. The predicted molar refractivity (Wildman–Crippen MR) is 102 cm³/mol. The minimum absolute atomic E-state index is 0.0856. The van der Waals surface area contributed by atoms with E-state index in [-0.39, 0.29) is 11.5 Å². The highest BCUT2D eigenvalue weighted by Crippen LogP contribution is 2.34. The van der Waals surface area contributed by atoms with E-state index in [2.05, 4.69) is 0 Å². The topological polar surface area (TPSA) is 225 Å². The van der Waals surface area contributed by atoms with Crippen molar-refractivity contribution in [1.82, 2.24) is 0 Å². The fourth-order valence-corrected chi connectivity index (χ4v) is 3.34. The van der Waals surface area contributed by atoms with Crippen molar-refractivity contribution in [3.05, 3.63) is 24.3 Å². The quantitative estimate of drug-likeness (QED) is 0.179. The summed E-state index contributed by atoms with van der Waals surface area (Å²) in [5, 5.41) is 78.2. The third kappa shape index (κ3) is 5.70. The lowest BCUT2D eigenvalue weighted by atomic mass is 9.99. The van der Waals surface area contributed by atoms with Crippen LogP contribution in [0.5, 0.6) is 11.5 Å². The lowest BCUT2D eigenvalue weighted by molar-refractivity contribution is -0.321. The number of carboxylic acid groups (broad SMARTS) is 1. The molecule has 14 heteroatoms. The number of aliphatic hydroxyl groups is 7. The second-order valence-electron chi connectivity index (χ2n) is 7.43. The molecule has 10 atom stereocenters. The Morgan fingerprint density at radius 2 is 1.39 bits per heavy atom. The van der Waals surface area contributed by atoms with Gasteiger partial charge in [-0.05, 0) is 12.1 Å². The number of carboxylic acids is 1. The van der Waals surface area contributed by atoms with E-state index in [9.17, 15) is 40.5 Å². The highest BCUT2D eigenvalue weighted by atomic mass is 16.8. The molecule has 0 aromatic heterocycles. The number of hydrogen-bond acceptors (Lipinski definition) is 13. The average molecular weight is 478 g/mol. The zero-order chi connectivity index (χ0) is 24.3. The van der Waals surface area contributed by atoms with E-state index >= 15 is 0 Å². The van der Waals surface area contributed by atoms with Crippen molar-refractivity contribution in [2.24, 2.45) is 0 Å². The van der Waals surface area contributed by atoms with E-state index in [1.165, 1.54) is 24.3 Å². The summed E-state index contributed by atoms with van der Waals surface area (Å²) in [6.45, 7) is -1.53. The number of benzene rings is 1. The van der Waals surface area contributed by atoms with Crippen LogP contribution in [0.2, 0.25) is 0 Å². The third-order valence-electron chi connectivity index (χ3n) is 5.10. The van der Waals surface area contributed by atoms with E-state index in [0.29, 0.717) is 0 Å². The molecule has 1 aromatic carbocycles. The molecular formula is C19H26O14. The average Bonchev–Trinajstić information content (AvgIpc) is 2.78. The molecule has 0 radical (unpaired) electrons. The SMILES string of the molecule is O=C(O)CO[C@@H]1[C@H](O)[C@H](Oc2ccccc2O[C@@H]2O[C@@H](O)[C@@H](O)[C@H](O)[C@@H]2O)O[C@@H](CO)[C@@H]1O. The van der Waals surface area contributed by atoms with Crippen molar-refractivity contribution in [3.8, 4) is 11.5 Å². The van der Waals surface area contributed by atoms with Crippen molar-refractivity contribution < 1.29 is 69.3 Å². The van der Waals surface area contributed by atoms with Gasteiger partial charge in [0.1, 0.15) is 49.3 Å². The molecule has 0 aliphatic carbocycles. The molecule has 0 bridgehead atoms. The summed E-state index contributed by atoms with van der Waals surface area (Å²) in [5.41, 5.74) is 0. The van der Waals surface area contributed by atoms with Crippen molar-refractivity contribution in [1.29, 1.82) is 0 Å². The van der Waals surface area contributed by atoms with Gasteiger partial charge in [-0.25, -0.2) is 4.79 Å². The Morgan fingerprint density at radius 1 is 0.818 bits per heavy atom. The van der Waals surface area contributed by atoms with Gasteiger partial charge in [-0.1, -0.05) is 12.1 Å². The van der Waals surface area contributed by atoms with Gasteiger partial charge in [-0.15, -0.1) is 0 Å². The van der Waals surface area contributed by atoms with E-state index in [1.807, 2.05) is 0 Å². The number of hydrogen-bond donors (Lipinski definition) is 8. The second kappa shape index (κ2) is 10.9. The Kier molecular flexibility index (Phi) is 8.41. The molecule has 2 saturated heterocycles. The van der Waals surface area contributed by atoms with Crippen LogP contribution >= 0.6 is 0 Å². The summed E-state index contributed by atoms with van der Waals surface area (Å²) in [4.78, 5) is 10.8. The Hall–Kier alpha value is -2.11. The van der Waals surface area contributed by atoms with Crippen LogP contribution in [0.15, 0.2) is 24.3 Å². The first-order chi connectivity index (χ1) is 15.6. The van der Waals surface area contributed by atoms with Crippen LogP contribution in [0.3, 0.4) is 0 Å². The Morgan fingerprint density at radius 3 is 1.94 bits per heavy atom. The largest absolute Gasteiger partial charge is 0.480 e. The van der Waals surface area contributed by atoms with E-state index in [1.54, 1.807) is 0 Å². The molecule has 2 heterocycles. The van der Waals surface area contributed by atoms with Crippen molar-refractivity contribution in [3.63, 3.8) is 0 Å². The smallest absolute Gasteiger partial charge is 0.329 e. The van der Waals surface area contributed by atoms with Gasteiger partial charge in [-0.3, -0.25) is 0 Å². The number of rotatable bonds is 8. The fourth-order valence-electron chi connectivity index (χ4n) is 3.34. The standard InChI is InChI=1S/C19H26O14/c20-5-9-11(23)16(29-6-10(21)22)15(27)19(32-9)31-8-4-2-1-3-7(8)30-18-14(26)12(24)13(25)17(28)33-18/h1-4,9,11-20,23-28H,5-6H2,(H,21,22)/t9-,11-,12-,13-,14-,15-,16-,17+,18+,19+/m0/s1. The van der Waals surface area contributed by atoms with E-state index in [0.717, 1.165) is 0 Å². The maximum atomic E-state index is 10.8. The number of aliphatic hydroxyl groups excluding tert-OH is 7. The van der Waals surface area contributed by atoms with Crippen molar-refractivity contribution in [2.45, 2.75) is 61.6 Å². The summed E-state index contributed by atoms with van der Waals surface area (Å²) >= 11 is 0. The lowest BCUT2D eigenvalue weighted by Crippen LogP contribution is -2.61. The fraction of sp³-hybridized carbons (Fsp3) is 0.632. The number of para-hydroxylation sites is 2. The summed E-state index contributed by atoms with van der Waals surface area (Å²) in [6, 6.07) is 5.76. The molecule has 2 aliphatic rings. The Bertz CT molecular complexity index is 792. The summed E-state index contributed by atoms with van der Waals surface area (Å²) in [7, 11) is 0. The molecule has 2 aliphatic heterocycles. The molecule has 8 N–H and O–H groups in total. The first kappa shape index (κ1) is 25.5. The van der Waals surface area contributed by atoms with Crippen LogP contribution < -0.4 is 9.47 Å². The van der Waals surface area contributed by atoms with E-state index < -0.39 is 80.8 Å². The van der Waals surface area contributed by atoms with Gasteiger partial charge in [0.25, 0.3) is 0 Å². The summed E-state index contributed by atoms with van der Waals surface area (Å²) < 4.78 is 26.4. The predicted octanol–water partition coefficient (Wildman–Crippen LogP) is -3.89. The third-order valence-corrected chi connectivity index (χ3v) is 5.10. The number of carbonyl (C=O) groups is 1. The summed E-state index contributed by atoms with van der Waals surface area (Å²) in [6.07, 6.45) is -16.3.